The maximum atomic E-state index is 14.2. The van der Waals surface area contributed by atoms with Gasteiger partial charge in [0.15, 0.2) is 11.6 Å². The molecule has 3 aromatic carbocycles. The fourth-order valence-corrected chi connectivity index (χ4v) is 5.03. The number of azide groups is 1. The molecule has 3 aromatic rings. The molecule has 1 heterocycles. The zero-order valence-corrected chi connectivity index (χ0v) is 26.6. The molecular formula is C34H39FN6O6. The minimum absolute atomic E-state index is 0.00848. The molecule has 248 valence electrons. The van der Waals surface area contributed by atoms with Crippen molar-refractivity contribution in [1.82, 2.24) is 10.9 Å². The van der Waals surface area contributed by atoms with Gasteiger partial charge in [0.1, 0.15) is 17.2 Å². The van der Waals surface area contributed by atoms with Gasteiger partial charge in [-0.1, -0.05) is 41.5 Å². The largest absolute Gasteiger partial charge is 0.494 e. The lowest BCUT2D eigenvalue weighted by Gasteiger charge is -2.31. The molecule has 4 rings (SSSR count). The summed E-state index contributed by atoms with van der Waals surface area (Å²) in [5.74, 6) is -0.781. The molecule has 0 spiro atoms. The van der Waals surface area contributed by atoms with Crippen LogP contribution in [-0.2, 0) is 25.5 Å². The van der Waals surface area contributed by atoms with Crippen molar-refractivity contribution < 1.29 is 33.3 Å². The number of ether oxygens (including phenoxy) is 3. The van der Waals surface area contributed by atoms with Crippen molar-refractivity contribution in [1.29, 1.82) is 0 Å². The summed E-state index contributed by atoms with van der Waals surface area (Å²) in [6.45, 7) is 5.87. The van der Waals surface area contributed by atoms with E-state index in [1.54, 1.807) is 81.4 Å². The van der Waals surface area contributed by atoms with Gasteiger partial charge >= 0.3 is 5.97 Å². The monoisotopic (exact) mass is 646 g/mol. The third-order valence-electron chi connectivity index (χ3n) is 7.16. The van der Waals surface area contributed by atoms with Gasteiger partial charge in [-0.2, -0.15) is 0 Å². The number of hydrogen-bond acceptors (Lipinski definition) is 9. The first kappa shape index (κ1) is 34.9. The fraction of sp³-hybridized carbons (Fsp3) is 0.382. The third-order valence-corrected chi connectivity index (χ3v) is 7.16. The number of aliphatic imine (C=N–C) groups is 1. The van der Waals surface area contributed by atoms with Crippen molar-refractivity contribution in [2.45, 2.75) is 63.7 Å². The molecule has 0 saturated carbocycles. The molecule has 0 radical (unpaired) electrons. The number of hydrazine groups is 1. The highest BCUT2D eigenvalue weighted by atomic mass is 19.1. The SMILES string of the molecule is CC(C)(C)OC(=O)CC[C@]1(C(=O)NNCCc2cccc(F)c2)N=C(c2ccc(OCCCO)cc2)O[C@H]1c1ccccc1N=[N+]=[N-]. The number of rotatable bonds is 15. The average molecular weight is 647 g/mol. The van der Waals surface area contributed by atoms with Crippen molar-refractivity contribution >= 4 is 23.5 Å². The van der Waals surface area contributed by atoms with Gasteiger partial charge in [-0.3, -0.25) is 15.0 Å². The Hall–Kier alpha value is -4.97. The first-order valence-corrected chi connectivity index (χ1v) is 15.3. The summed E-state index contributed by atoms with van der Waals surface area (Å²) < 4.78 is 31.3. The number of carbonyl (C=O) groups is 2. The number of esters is 1. The van der Waals surface area contributed by atoms with Crippen LogP contribution >= 0.6 is 0 Å². The number of halogens is 1. The smallest absolute Gasteiger partial charge is 0.306 e. The van der Waals surface area contributed by atoms with E-state index >= 15 is 0 Å². The molecule has 0 unspecified atom stereocenters. The Labute approximate surface area is 272 Å². The van der Waals surface area contributed by atoms with Crippen molar-refractivity contribution in [2.75, 3.05) is 19.8 Å². The van der Waals surface area contributed by atoms with Crippen molar-refractivity contribution in [2.24, 2.45) is 10.1 Å². The van der Waals surface area contributed by atoms with Crippen LogP contribution in [0.3, 0.4) is 0 Å². The Morgan fingerprint density at radius 2 is 1.89 bits per heavy atom. The highest BCUT2D eigenvalue weighted by Gasteiger charge is 2.54. The summed E-state index contributed by atoms with van der Waals surface area (Å²) in [6.07, 6.45) is -0.488. The lowest BCUT2D eigenvalue weighted by molar-refractivity contribution is -0.155. The van der Waals surface area contributed by atoms with Crippen LogP contribution in [0, 0.1) is 5.82 Å². The third kappa shape index (κ3) is 9.52. The quantitative estimate of drug-likeness (QED) is 0.0470. The van der Waals surface area contributed by atoms with Crippen LogP contribution in [-0.4, -0.2) is 53.8 Å². The minimum atomic E-state index is -1.71. The van der Waals surface area contributed by atoms with Gasteiger partial charge in [-0.15, -0.1) is 0 Å². The highest BCUT2D eigenvalue weighted by Crippen LogP contribution is 2.46. The number of nitrogens with zero attached hydrogens (tertiary/aromatic N) is 4. The van der Waals surface area contributed by atoms with Crippen LogP contribution in [0.25, 0.3) is 10.4 Å². The molecular weight excluding hydrogens is 607 g/mol. The van der Waals surface area contributed by atoms with E-state index in [2.05, 4.69) is 20.9 Å². The van der Waals surface area contributed by atoms with Gasteiger partial charge in [0.2, 0.25) is 5.90 Å². The van der Waals surface area contributed by atoms with Crippen LogP contribution in [0.5, 0.6) is 5.75 Å². The summed E-state index contributed by atoms with van der Waals surface area (Å²) >= 11 is 0. The molecule has 1 aliphatic heterocycles. The van der Waals surface area contributed by atoms with Crippen molar-refractivity contribution in [3.8, 4) is 5.75 Å². The lowest BCUT2D eigenvalue weighted by atomic mass is 9.83. The van der Waals surface area contributed by atoms with Gasteiger partial charge in [0.25, 0.3) is 5.91 Å². The van der Waals surface area contributed by atoms with E-state index in [-0.39, 0.29) is 43.4 Å². The second-order valence-corrected chi connectivity index (χ2v) is 11.9. The predicted molar refractivity (Wildman–Crippen MR) is 173 cm³/mol. The second-order valence-electron chi connectivity index (χ2n) is 11.9. The summed E-state index contributed by atoms with van der Waals surface area (Å²) in [6, 6.07) is 19.7. The lowest BCUT2D eigenvalue weighted by Crippen LogP contribution is -2.53. The van der Waals surface area contributed by atoms with Crippen molar-refractivity contribution in [3.63, 3.8) is 0 Å². The van der Waals surface area contributed by atoms with E-state index in [0.29, 0.717) is 36.3 Å². The Balaban J connectivity index is 1.70. The molecule has 13 heteroatoms. The fourth-order valence-electron chi connectivity index (χ4n) is 5.03. The van der Waals surface area contributed by atoms with Crippen LogP contribution < -0.4 is 15.6 Å². The first-order chi connectivity index (χ1) is 22.5. The summed E-state index contributed by atoms with van der Waals surface area (Å²) in [5.41, 5.74) is 14.3. The molecule has 0 aromatic heterocycles. The van der Waals surface area contributed by atoms with E-state index in [9.17, 15) is 19.5 Å². The molecule has 1 amide bonds. The molecule has 0 saturated heterocycles. The van der Waals surface area contributed by atoms with E-state index in [1.165, 1.54) is 12.1 Å². The molecule has 12 nitrogen and oxygen atoms in total. The number of nitrogens with one attached hydrogen (secondary N) is 2. The number of hydrogen-bond donors (Lipinski definition) is 3. The van der Waals surface area contributed by atoms with Crippen LogP contribution in [0.4, 0.5) is 10.1 Å². The van der Waals surface area contributed by atoms with Gasteiger partial charge < -0.3 is 19.3 Å². The summed E-state index contributed by atoms with van der Waals surface area (Å²) in [4.78, 5) is 35.0. The van der Waals surface area contributed by atoms with Gasteiger partial charge in [0, 0.05) is 47.7 Å². The maximum Gasteiger partial charge on any atom is 0.306 e. The zero-order valence-electron chi connectivity index (χ0n) is 26.6. The Morgan fingerprint density at radius 3 is 2.60 bits per heavy atom. The Morgan fingerprint density at radius 1 is 1.13 bits per heavy atom. The van der Waals surface area contributed by atoms with E-state index < -0.39 is 29.1 Å². The topological polar surface area (TPSA) is 167 Å². The summed E-state index contributed by atoms with van der Waals surface area (Å²) in [7, 11) is 0. The summed E-state index contributed by atoms with van der Waals surface area (Å²) in [5, 5.41) is 12.9. The normalized spacial score (nSPS) is 17.2. The molecule has 1 aliphatic rings. The number of carbonyl (C=O) groups excluding carboxylic acids is 2. The maximum absolute atomic E-state index is 14.2. The van der Waals surface area contributed by atoms with Crippen molar-refractivity contribution in [3.05, 3.63) is 106 Å². The zero-order chi connectivity index (χ0) is 33.9. The molecule has 0 fully saturated rings. The predicted octanol–water partition coefficient (Wildman–Crippen LogP) is 5.77. The molecule has 0 aliphatic carbocycles. The molecule has 47 heavy (non-hydrogen) atoms. The van der Waals surface area contributed by atoms with E-state index in [0.717, 1.165) is 5.56 Å². The number of amides is 1. The number of benzene rings is 3. The van der Waals surface area contributed by atoms with Crippen LogP contribution in [0.1, 0.15) is 62.8 Å². The molecule has 3 N–H and O–H groups in total. The molecule has 0 bridgehead atoms. The Kier molecular flexibility index (Phi) is 11.9. The van der Waals surface area contributed by atoms with E-state index in [4.69, 9.17) is 24.3 Å². The Bertz CT molecular complexity index is 1620. The van der Waals surface area contributed by atoms with Crippen LogP contribution in [0.15, 0.2) is 82.9 Å². The highest BCUT2D eigenvalue weighted by molar-refractivity contribution is 6.01. The van der Waals surface area contributed by atoms with E-state index in [1.807, 2.05) is 0 Å². The second kappa shape index (κ2) is 16.0. The standard InChI is InChI=1S/C34H39FN6O6/c1-33(2,3)47-29(43)16-18-34(32(44)40-37-19-17-23-8-6-9-25(35)22-23)30(27-10-4-5-11-28(27)39-41-36)46-31(38-34)24-12-14-26(15-13-24)45-21-7-20-42/h4-6,8-15,22,30,37,42H,7,16-21H2,1-3H3,(H,40,44)/t30-,34-/m0/s1. The van der Waals surface area contributed by atoms with Gasteiger partial charge in [-0.05, 0) is 81.1 Å². The number of aliphatic hydroxyl groups excluding tert-OH is 1. The van der Waals surface area contributed by atoms with Gasteiger partial charge in [0.05, 0.1) is 6.61 Å². The number of aliphatic hydroxyl groups is 1. The van der Waals surface area contributed by atoms with Crippen LogP contribution in [0.2, 0.25) is 0 Å². The van der Waals surface area contributed by atoms with Gasteiger partial charge in [-0.25, -0.2) is 14.8 Å². The first-order valence-electron chi connectivity index (χ1n) is 15.3. The average Bonchev–Trinajstić information content (AvgIpc) is 3.43. The molecule has 2 atom stereocenters. The minimum Gasteiger partial charge on any atom is -0.494 e.